The Labute approximate surface area is 154 Å². The number of rotatable bonds is 6. The van der Waals surface area contributed by atoms with Crippen molar-refractivity contribution in [3.05, 3.63) is 64.4 Å². The molecule has 1 aliphatic rings. The van der Waals surface area contributed by atoms with E-state index in [2.05, 4.69) is 17.4 Å². The minimum absolute atomic E-state index is 0.332. The van der Waals surface area contributed by atoms with Crippen molar-refractivity contribution < 1.29 is 9.13 Å². The second-order valence-corrected chi connectivity index (χ2v) is 7.15. The second-order valence-electron chi connectivity index (χ2n) is 6.74. The topological polar surface area (TPSA) is 21.3 Å². The van der Waals surface area contributed by atoms with Crippen LogP contribution in [0.4, 0.5) is 4.39 Å². The summed E-state index contributed by atoms with van der Waals surface area (Å²) in [6.45, 7) is 1.19. The van der Waals surface area contributed by atoms with E-state index < -0.39 is 0 Å². The molecule has 0 atom stereocenters. The van der Waals surface area contributed by atoms with Crippen LogP contribution in [0.25, 0.3) is 0 Å². The molecular weight excluding hydrogens is 337 g/mol. The number of ether oxygens (including phenoxy) is 1. The molecule has 1 fully saturated rings. The molecule has 4 heteroatoms. The van der Waals surface area contributed by atoms with Crippen LogP contribution < -0.4 is 10.1 Å². The van der Waals surface area contributed by atoms with Crippen molar-refractivity contribution >= 4 is 11.6 Å². The molecule has 0 amide bonds. The molecule has 0 aromatic heterocycles. The van der Waals surface area contributed by atoms with Crippen LogP contribution in [0.5, 0.6) is 5.75 Å². The van der Waals surface area contributed by atoms with Crippen molar-refractivity contribution in [2.75, 3.05) is 0 Å². The van der Waals surface area contributed by atoms with Gasteiger partial charge in [-0.15, -0.1) is 0 Å². The molecule has 134 valence electrons. The summed E-state index contributed by atoms with van der Waals surface area (Å²) >= 11 is 6.05. The Hall–Kier alpha value is -1.58. The highest BCUT2D eigenvalue weighted by Crippen LogP contribution is 2.21. The standard InChI is InChI=1S/C21H25ClFNO/c22-21-13-18(23)11-10-17(21)15-25-20-9-5-6-16(12-20)14-24-19-7-3-1-2-4-8-19/h5-6,9-13,19,24H,1-4,7-8,14-15H2. The predicted octanol–water partition coefficient (Wildman–Crippen LogP) is 5.87. The Bertz CT molecular complexity index is 683. The lowest BCUT2D eigenvalue weighted by molar-refractivity contribution is 0.305. The first-order valence-corrected chi connectivity index (χ1v) is 9.47. The SMILES string of the molecule is Fc1ccc(COc2cccc(CNC3CCCCCC3)c2)c(Cl)c1. The van der Waals surface area contributed by atoms with Gasteiger partial charge in [0.05, 0.1) is 5.02 Å². The van der Waals surface area contributed by atoms with Crippen molar-refractivity contribution in [3.63, 3.8) is 0 Å². The van der Waals surface area contributed by atoms with Crippen molar-refractivity contribution in [1.82, 2.24) is 5.32 Å². The molecule has 0 aliphatic heterocycles. The summed E-state index contributed by atoms with van der Waals surface area (Å²) in [4.78, 5) is 0. The summed E-state index contributed by atoms with van der Waals surface area (Å²) in [7, 11) is 0. The minimum Gasteiger partial charge on any atom is -0.489 e. The lowest BCUT2D eigenvalue weighted by atomic mass is 10.1. The second kappa shape index (κ2) is 9.21. The highest BCUT2D eigenvalue weighted by molar-refractivity contribution is 6.31. The van der Waals surface area contributed by atoms with E-state index in [1.165, 1.54) is 56.2 Å². The summed E-state index contributed by atoms with van der Waals surface area (Å²) in [6.07, 6.45) is 7.96. The van der Waals surface area contributed by atoms with Crippen LogP contribution >= 0.6 is 11.6 Å². The zero-order valence-corrected chi connectivity index (χ0v) is 15.2. The Morgan fingerprint density at radius 2 is 1.84 bits per heavy atom. The zero-order valence-electron chi connectivity index (χ0n) is 14.4. The van der Waals surface area contributed by atoms with Gasteiger partial charge < -0.3 is 10.1 Å². The van der Waals surface area contributed by atoms with Crippen LogP contribution in [0.1, 0.15) is 49.7 Å². The first-order valence-electron chi connectivity index (χ1n) is 9.10. The van der Waals surface area contributed by atoms with Gasteiger partial charge >= 0.3 is 0 Å². The molecule has 0 unspecified atom stereocenters. The molecule has 0 saturated heterocycles. The van der Waals surface area contributed by atoms with E-state index >= 15 is 0 Å². The molecule has 1 N–H and O–H groups in total. The van der Waals surface area contributed by atoms with Crippen molar-refractivity contribution in [2.24, 2.45) is 0 Å². The number of hydrogen-bond acceptors (Lipinski definition) is 2. The molecule has 0 radical (unpaired) electrons. The maximum atomic E-state index is 13.1. The van der Waals surface area contributed by atoms with E-state index in [0.717, 1.165) is 17.9 Å². The average Bonchev–Trinajstić information content (AvgIpc) is 2.88. The van der Waals surface area contributed by atoms with Crippen molar-refractivity contribution in [3.8, 4) is 5.75 Å². The molecule has 2 aromatic rings. The fourth-order valence-corrected chi connectivity index (χ4v) is 3.51. The van der Waals surface area contributed by atoms with Gasteiger partial charge in [-0.3, -0.25) is 0 Å². The summed E-state index contributed by atoms with van der Waals surface area (Å²) in [5.41, 5.74) is 2.00. The molecule has 25 heavy (non-hydrogen) atoms. The van der Waals surface area contributed by atoms with Gasteiger partial charge in [0.2, 0.25) is 0 Å². The molecule has 2 aromatic carbocycles. The van der Waals surface area contributed by atoms with E-state index in [1.807, 2.05) is 12.1 Å². The van der Waals surface area contributed by atoms with E-state index in [9.17, 15) is 4.39 Å². The fourth-order valence-electron chi connectivity index (χ4n) is 3.29. The smallest absolute Gasteiger partial charge is 0.124 e. The third kappa shape index (κ3) is 5.72. The molecule has 2 nitrogen and oxygen atoms in total. The third-order valence-corrected chi connectivity index (χ3v) is 5.11. The Morgan fingerprint density at radius 3 is 2.60 bits per heavy atom. The summed E-state index contributed by atoms with van der Waals surface area (Å²) in [6, 6.07) is 13.1. The van der Waals surface area contributed by atoms with Crippen LogP contribution in [-0.2, 0) is 13.2 Å². The minimum atomic E-state index is -0.333. The normalized spacial score (nSPS) is 15.8. The highest BCUT2D eigenvalue weighted by atomic mass is 35.5. The molecule has 0 spiro atoms. The number of benzene rings is 2. The van der Waals surface area contributed by atoms with Crippen LogP contribution in [-0.4, -0.2) is 6.04 Å². The quantitative estimate of drug-likeness (QED) is 0.649. The number of nitrogens with one attached hydrogen (secondary N) is 1. The van der Waals surface area contributed by atoms with Gasteiger partial charge in [-0.2, -0.15) is 0 Å². The van der Waals surface area contributed by atoms with Crippen LogP contribution in [0.2, 0.25) is 5.02 Å². The van der Waals surface area contributed by atoms with Gasteiger partial charge in [0, 0.05) is 18.2 Å². The number of hydrogen-bond donors (Lipinski definition) is 1. The number of halogens is 2. The zero-order chi connectivity index (χ0) is 17.5. The van der Waals surface area contributed by atoms with E-state index in [4.69, 9.17) is 16.3 Å². The third-order valence-electron chi connectivity index (χ3n) is 4.76. The Kier molecular flexibility index (Phi) is 6.71. The molecular formula is C21H25ClFNO. The molecule has 1 aliphatic carbocycles. The van der Waals surface area contributed by atoms with Crippen molar-refractivity contribution in [1.29, 1.82) is 0 Å². The first kappa shape index (κ1) is 18.2. The fraction of sp³-hybridized carbons (Fsp3) is 0.429. The maximum Gasteiger partial charge on any atom is 0.124 e. The monoisotopic (exact) mass is 361 g/mol. The predicted molar refractivity (Wildman–Crippen MR) is 101 cm³/mol. The highest BCUT2D eigenvalue weighted by Gasteiger charge is 2.11. The van der Waals surface area contributed by atoms with Gasteiger partial charge in [-0.05, 0) is 42.7 Å². The van der Waals surface area contributed by atoms with Crippen molar-refractivity contribution in [2.45, 2.75) is 57.7 Å². The van der Waals surface area contributed by atoms with Crippen LogP contribution in [0.3, 0.4) is 0 Å². The molecule has 0 bridgehead atoms. The van der Waals surface area contributed by atoms with E-state index in [0.29, 0.717) is 17.7 Å². The van der Waals surface area contributed by atoms with Gasteiger partial charge in [0.15, 0.2) is 0 Å². The largest absolute Gasteiger partial charge is 0.489 e. The van der Waals surface area contributed by atoms with Crippen LogP contribution in [0.15, 0.2) is 42.5 Å². The summed E-state index contributed by atoms with van der Waals surface area (Å²) in [5.74, 6) is 0.473. The molecule has 0 heterocycles. The van der Waals surface area contributed by atoms with E-state index in [1.54, 1.807) is 6.07 Å². The van der Waals surface area contributed by atoms with E-state index in [-0.39, 0.29) is 5.82 Å². The summed E-state index contributed by atoms with van der Waals surface area (Å²) < 4.78 is 18.9. The maximum absolute atomic E-state index is 13.1. The van der Waals surface area contributed by atoms with Crippen LogP contribution in [0, 0.1) is 5.82 Å². The first-order chi connectivity index (χ1) is 12.2. The molecule has 1 saturated carbocycles. The molecule has 3 rings (SSSR count). The Balaban J connectivity index is 1.53. The van der Waals surface area contributed by atoms with Gasteiger partial charge in [-0.1, -0.05) is 55.5 Å². The summed E-state index contributed by atoms with van der Waals surface area (Å²) in [5, 5.41) is 4.07. The van der Waals surface area contributed by atoms with Gasteiger partial charge in [-0.25, -0.2) is 4.39 Å². The lowest BCUT2D eigenvalue weighted by Gasteiger charge is -2.16. The lowest BCUT2D eigenvalue weighted by Crippen LogP contribution is -2.27. The van der Waals surface area contributed by atoms with Gasteiger partial charge in [0.25, 0.3) is 0 Å². The Morgan fingerprint density at radius 1 is 1.04 bits per heavy atom. The average molecular weight is 362 g/mol. The van der Waals surface area contributed by atoms with Gasteiger partial charge in [0.1, 0.15) is 18.2 Å².